The van der Waals surface area contributed by atoms with Crippen molar-refractivity contribution in [3.05, 3.63) is 30.1 Å². The Kier molecular flexibility index (Phi) is 3.20. The fraction of sp³-hybridized carbons (Fsp3) is 0.333. The summed E-state index contributed by atoms with van der Waals surface area (Å²) in [6, 6.07) is 4.93. The van der Waals surface area contributed by atoms with E-state index in [2.05, 4.69) is 15.7 Å². The Morgan fingerprint density at radius 3 is 2.64 bits per heavy atom. The Bertz CT molecular complexity index is 736. The molecular formula is C15H18N4O3. The van der Waals surface area contributed by atoms with Crippen LogP contribution in [0.5, 0.6) is 11.5 Å². The highest BCUT2D eigenvalue weighted by Crippen LogP contribution is 2.40. The molecule has 3 rings (SSSR count). The van der Waals surface area contributed by atoms with Crippen molar-refractivity contribution in [1.29, 1.82) is 0 Å². The summed E-state index contributed by atoms with van der Waals surface area (Å²) in [7, 11) is 1.80. The quantitative estimate of drug-likeness (QED) is 0.894. The number of carbonyl (C=O) groups is 1. The first kappa shape index (κ1) is 14.2. The number of nitrogens with one attached hydrogen (secondary N) is 2. The van der Waals surface area contributed by atoms with Crippen molar-refractivity contribution in [2.24, 2.45) is 7.05 Å². The highest BCUT2D eigenvalue weighted by molar-refractivity contribution is 6.00. The molecule has 0 fully saturated rings. The molecule has 22 heavy (non-hydrogen) atoms. The summed E-state index contributed by atoms with van der Waals surface area (Å²) < 4.78 is 12.9. The number of aromatic nitrogens is 2. The monoisotopic (exact) mass is 302 g/mol. The number of anilines is 2. The van der Waals surface area contributed by atoms with Crippen LogP contribution in [-0.2, 0) is 7.05 Å². The number of fused-ring (bicyclic) bond motifs is 1. The number of hydrogen-bond donors (Lipinski definition) is 2. The van der Waals surface area contributed by atoms with E-state index < -0.39 is 5.79 Å². The standard InChI is InChI=1S/C15H18N4O3/c1-9-11(8-19(4)18-9)17-14(20)16-10-5-6-12-13(7-10)22-15(2,3)21-12/h5-8H,1-4H3,(H2,16,17,20). The molecule has 7 heteroatoms. The van der Waals surface area contributed by atoms with E-state index in [0.29, 0.717) is 22.9 Å². The van der Waals surface area contributed by atoms with E-state index in [1.807, 2.05) is 20.8 Å². The second-order valence-corrected chi connectivity index (χ2v) is 5.65. The first-order chi connectivity index (χ1) is 10.3. The molecule has 7 nitrogen and oxygen atoms in total. The van der Waals surface area contributed by atoms with Gasteiger partial charge in [-0.2, -0.15) is 5.10 Å². The van der Waals surface area contributed by atoms with E-state index in [0.717, 1.165) is 5.69 Å². The minimum atomic E-state index is -0.684. The van der Waals surface area contributed by atoms with Gasteiger partial charge in [0.2, 0.25) is 5.79 Å². The molecule has 0 bridgehead atoms. The molecule has 1 aliphatic rings. The van der Waals surface area contributed by atoms with Gasteiger partial charge in [-0.05, 0) is 19.1 Å². The molecule has 0 radical (unpaired) electrons. The second-order valence-electron chi connectivity index (χ2n) is 5.65. The molecule has 2 N–H and O–H groups in total. The Balaban J connectivity index is 1.69. The number of benzene rings is 1. The number of hydrogen-bond acceptors (Lipinski definition) is 4. The van der Waals surface area contributed by atoms with E-state index in [1.54, 1.807) is 36.1 Å². The Morgan fingerprint density at radius 1 is 1.23 bits per heavy atom. The van der Waals surface area contributed by atoms with Gasteiger partial charge in [-0.1, -0.05) is 0 Å². The smallest absolute Gasteiger partial charge is 0.323 e. The van der Waals surface area contributed by atoms with Crippen molar-refractivity contribution in [2.75, 3.05) is 10.6 Å². The Morgan fingerprint density at radius 2 is 1.95 bits per heavy atom. The van der Waals surface area contributed by atoms with Gasteiger partial charge in [-0.25, -0.2) is 4.79 Å². The number of urea groups is 1. The molecule has 1 aromatic heterocycles. The first-order valence-corrected chi connectivity index (χ1v) is 6.93. The van der Waals surface area contributed by atoms with Crippen molar-refractivity contribution in [3.8, 4) is 11.5 Å². The van der Waals surface area contributed by atoms with E-state index in [-0.39, 0.29) is 6.03 Å². The largest absolute Gasteiger partial charge is 0.449 e. The Hall–Kier alpha value is -2.70. The molecule has 2 aromatic rings. The maximum Gasteiger partial charge on any atom is 0.323 e. The van der Waals surface area contributed by atoms with Crippen LogP contribution in [0.2, 0.25) is 0 Å². The molecule has 0 saturated heterocycles. The molecule has 2 heterocycles. The zero-order chi connectivity index (χ0) is 15.9. The molecule has 0 atom stereocenters. The Labute approximate surface area is 128 Å². The highest BCUT2D eigenvalue weighted by atomic mass is 16.7. The lowest BCUT2D eigenvalue weighted by Crippen LogP contribution is -2.29. The summed E-state index contributed by atoms with van der Waals surface area (Å²) in [5.74, 6) is 0.593. The first-order valence-electron chi connectivity index (χ1n) is 6.93. The molecular weight excluding hydrogens is 284 g/mol. The summed E-state index contributed by atoms with van der Waals surface area (Å²) in [6.45, 7) is 5.49. The van der Waals surface area contributed by atoms with E-state index >= 15 is 0 Å². The van der Waals surface area contributed by atoms with Crippen LogP contribution < -0.4 is 20.1 Å². The summed E-state index contributed by atoms with van der Waals surface area (Å²) in [6.07, 6.45) is 1.75. The van der Waals surface area contributed by atoms with Gasteiger partial charge in [0.15, 0.2) is 11.5 Å². The summed E-state index contributed by atoms with van der Waals surface area (Å²) in [5.41, 5.74) is 2.05. The predicted molar refractivity (Wildman–Crippen MR) is 82.4 cm³/mol. The lowest BCUT2D eigenvalue weighted by Gasteiger charge is -2.16. The van der Waals surface area contributed by atoms with Crippen LogP contribution in [0.3, 0.4) is 0 Å². The topological polar surface area (TPSA) is 77.4 Å². The average molecular weight is 302 g/mol. The fourth-order valence-corrected chi connectivity index (χ4v) is 2.31. The van der Waals surface area contributed by atoms with E-state index in [9.17, 15) is 4.79 Å². The van der Waals surface area contributed by atoms with E-state index in [1.165, 1.54) is 0 Å². The van der Waals surface area contributed by atoms with E-state index in [4.69, 9.17) is 9.47 Å². The van der Waals surface area contributed by atoms with Crippen LogP contribution in [0.15, 0.2) is 24.4 Å². The summed E-state index contributed by atoms with van der Waals surface area (Å²) in [4.78, 5) is 12.0. The lowest BCUT2D eigenvalue weighted by atomic mass is 10.3. The molecule has 0 aliphatic carbocycles. The normalized spacial score (nSPS) is 14.7. The average Bonchev–Trinajstić information content (AvgIpc) is 2.86. The number of ether oxygens (including phenoxy) is 2. The number of carbonyl (C=O) groups excluding carboxylic acids is 1. The summed E-state index contributed by atoms with van der Waals surface area (Å²) >= 11 is 0. The molecule has 2 amide bonds. The molecule has 0 unspecified atom stereocenters. The van der Waals surface area contributed by atoms with Crippen LogP contribution in [0, 0.1) is 6.92 Å². The highest BCUT2D eigenvalue weighted by Gasteiger charge is 2.31. The van der Waals surface area contributed by atoms with Crippen LogP contribution in [-0.4, -0.2) is 21.6 Å². The second kappa shape index (κ2) is 4.94. The van der Waals surface area contributed by atoms with Gasteiger partial charge in [-0.3, -0.25) is 4.68 Å². The van der Waals surface area contributed by atoms with Gasteiger partial charge < -0.3 is 20.1 Å². The minimum Gasteiger partial charge on any atom is -0.449 e. The maximum atomic E-state index is 12.0. The van der Waals surface area contributed by atoms with Gasteiger partial charge in [0.1, 0.15) is 0 Å². The van der Waals surface area contributed by atoms with Crippen LogP contribution in [0.25, 0.3) is 0 Å². The number of aryl methyl sites for hydroxylation is 2. The van der Waals surface area contributed by atoms with Crippen LogP contribution in [0.4, 0.5) is 16.2 Å². The predicted octanol–water partition coefficient (Wildman–Crippen LogP) is 2.88. The maximum absolute atomic E-state index is 12.0. The third-order valence-electron chi connectivity index (χ3n) is 3.17. The minimum absolute atomic E-state index is 0.339. The van der Waals surface area contributed by atoms with Crippen molar-refractivity contribution in [2.45, 2.75) is 26.6 Å². The molecule has 0 saturated carbocycles. The van der Waals surface area contributed by atoms with Crippen molar-refractivity contribution >= 4 is 17.4 Å². The van der Waals surface area contributed by atoms with Crippen molar-refractivity contribution in [3.63, 3.8) is 0 Å². The third kappa shape index (κ3) is 2.83. The van der Waals surface area contributed by atoms with Gasteiger partial charge in [0.25, 0.3) is 0 Å². The number of amides is 2. The molecule has 1 aliphatic heterocycles. The molecule has 0 spiro atoms. The summed E-state index contributed by atoms with van der Waals surface area (Å²) in [5, 5.41) is 9.69. The zero-order valence-electron chi connectivity index (χ0n) is 12.9. The number of rotatable bonds is 2. The third-order valence-corrected chi connectivity index (χ3v) is 3.17. The van der Waals surface area contributed by atoms with Crippen LogP contribution >= 0.6 is 0 Å². The van der Waals surface area contributed by atoms with Crippen LogP contribution in [0.1, 0.15) is 19.5 Å². The number of nitrogens with zero attached hydrogens (tertiary/aromatic N) is 2. The molecule has 116 valence electrons. The van der Waals surface area contributed by atoms with Crippen molar-refractivity contribution in [1.82, 2.24) is 9.78 Å². The van der Waals surface area contributed by atoms with Crippen molar-refractivity contribution < 1.29 is 14.3 Å². The van der Waals surface area contributed by atoms with Gasteiger partial charge in [-0.15, -0.1) is 0 Å². The van der Waals surface area contributed by atoms with Gasteiger partial charge in [0, 0.05) is 38.8 Å². The SMILES string of the molecule is Cc1nn(C)cc1NC(=O)Nc1ccc2c(c1)OC(C)(C)O2. The van der Waals surface area contributed by atoms with Gasteiger partial charge >= 0.3 is 6.03 Å². The lowest BCUT2D eigenvalue weighted by molar-refractivity contribution is -0.0431. The fourth-order valence-electron chi connectivity index (χ4n) is 2.31. The van der Waals surface area contributed by atoms with Gasteiger partial charge in [0.05, 0.1) is 11.4 Å². The molecule has 1 aromatic carbocycles. The zero-order valence-corrected chi connectivity index (χ0v) is 12.9.